The Kier molecular flexibility index (Phi) is 10.5. The molecule has 0 saturated carbocycles. The standard InChI is InChI=1S/C23H27Cl2F3N2O2/c1-3-16-13-19(31-12-9-20(24)25)14-17(4-2)22(16)32-11-6-5-10-29-21-8-7-18(15-30-21)23(26,27)28/h7-9,13-15H,3-6,10-12H2,1-2H3,(H,29,30). The Morgan fingerprint density at radius 3 is 2.28 bits per heavy atom. The van der Waals surface area contributed by atoms with E-state index in [1.54, 1.807) is 6.08 Å². The molecule has 0 aliphatic carbocycles. The summed E-state index contributed by atoms with van der Waals surface area (Å²) in [6, 6.07) is 6.27. The molecule has 0 bridgehead atoms. The summed E-state index contributed by atoms with van der Waals surface area (Å²) in [6.07, 6.45) is 1.21. The second-order valence-electron chi connectivity index (χ2n) is 6.99. The molecular weight excluding hydrogens is 464 g/mol. The average Bonchev–Trinajstić information content (AvgIpc) is 2.75. The van der Waals surface area contributed by atoms with Gasteiger partial charge in [0.25, 0.3) is 0 Å². The first kappa shape index (κ1) is 26.1. The number of unbranched alkanes of at least 4 members (excludes halogenated alkanes) is 1. The van der Waals surface area contributed by atoms with Gasteiger partial charge in [-0.3, -0.25) is 0 Å². The summed E-state index contributed by atoms with van der Waals surface area (Å²) in [5.41, 5.74) is 1.37. The number of ether oxygens (including phenoxy) is 2. The molecule has 0 atom stereocenters. The second kappa shape index (κ2) is 12.8. The molecule has 0 spiro atoms. The monoisotopic (exact) mass is 490 g/mol. The fourth-order valence-electron chi connectivity index (χ4n) is 3.00. The van der Waals surface area contributed by atoms with Gasteiger partial charge in [0.15, 0.2) is 0 Å². The zero-order chi connectivity index (χ0) is 23.6. The molecule has 0 aliphatic heterocycles. The van der Waals surface area contributed by atoms with Crippen LogP contribution in [0, 0.1) is 0 Å². The number of alkyl halides is 3. The van der Waals surface area contributed by atoms with E-state index in [-0.39, 0.29) is 11.1 Å². The largest absolute Gasteiger partial charge is 0.493 e. The third kappa shape index (κ3) is 8.43. The van der Waals surface area contributed by atoms with Crippen LogP contribution >= 0.6 is 23.2 Å². The number of aryl methyl sites for hydroxylation is 2. The van der Waals surface area contributed by atoms with Gasteiger partial charge in [-0.25, -0.2) is 4.98 Å². The van der Waals surface area contributed by atoms with Crippen LogP contribution in [0.15, 0.2) is 41.0 Å². The molecule has 9 heteroatoms. The molecule has 1 N–H and O–H groups in total. The van der Waals surface area contributed by atoms with Crippen molar-refractivity contribution in [2.45, 2.75) is 45.7 Å². The topological polar surface area (TPSA) is 43.4 Å². The van der Waals surface area contributed by atoms with Crippen LogP contribution in [0.2, 0.25) is 0 Å². The Labute approximate surface area is 196 Å². The summed E-state index contributed by atoms with van der Waals surface area (Å²) < 4.78 is 49.7. The number of anilines is 1. The maximum atomic E-state index is 12.6. The SMILES string of the molecule is CCc1cc(OCC=C(Cl)Cl)cc(CC)c1OCCCCNc1ccc(C(F)(F)F)cn1. The predicted molar refractivity (Wildman–Crippen MR) is 123 cm³/mol. The van der Waals surface area contributed by atoms with Crippen LogP contribution in [0.5, 0.6) is 11.5 Å². The highest BCUT2D eigenvalue weighted by Gasteiger charge is 2.30. The van der Waals surface area contributed by atoms with Gasteiger partial charge in [0.2, 0.25) is 0 Å². The molecule has 0 saturated heterocycles. The first-order chi connectivity index (χ1) is 15.2. The van der Waals surface area contributed by atoms with Gasteiger partial charge in [-0.15, -0.1) is 0 Å². The number of aromatic nitrogens is 1. The molecular formula is C23H27Cl2F3N2O2. The fourth-order valence-corrected chi connectivity index (χ4v) is 3.13. The number of rotatable bonds is 12. The maximum absolute atomic E-state index is 12.6. The average molecular weight is 491 g/mol. The summed E-state index contributed by atoms with van der Waals surface area (Å²) in [6.45, 7) is 5.53. The Hall–Kier alpha value is -2.12. The molecule has 2 aromatic rings. The van der Waals surface area contributed by atoms with Crippen LogP contribution in [0.3, 0.4) is 0 Å². The van der Waals surface area contributed by atoms with E-state index in [2.05, 4.69) is 24.1 Å². The van der Waals surface area contributed by atoms with Crippen molar-refractivity contribution >= 4 is 29.0 Å². The molecule has 0 aliphatic rings. The van der Waals surface area contributed by atoms with Gasteiger partial charge in [0.1, 0.15) is 28.4 Å². The van der Waals surface area contributed by atoms with Gasteiger partial charge in [-0.1, -0.05) is 37.0 Å². The van der Waals surface area contributed by atoms with Gasteiger partial charge < -0.3 is 14.8 Å². The fraction of sp³-hybridized carbons (Fsp3) is 0.435. The first-order valence-electron chi connectivity index (χ1n) is 10.4. The highest BCUT2D eigenvalue weighted by molar-refractivity contribution is 6.55. The Morgan fingerprint density at radius 1 is 1.06 bits per heavy atom. The molecule has 0 amide bonds. The Bertz CT molecular complexity index is 859. The van der Waals surface area contributed by atoms with Crippen LogP contribution < -0.4 is 14.8 Å². The minimum Gasteiger partial charge on any atom is -0.493 e. The summed E-state index contributed by atoms with van der Waals surface area (Å²) >= 11 is 11.2. The smallest absolute Gasteiger partial charge is 0.417 e. The zero-order valence-corrected chi connectivity index (χ0v) is 19.6. The summed E-state index contributed by atoms with van der Waals surface area (Å²) in [5.74, 6) is 2.04. The van der Waals surface area contributed by atoms with Crippen molar-refractivity contribution in [3.05, 3.63) is 57.7 Å². The Balaban J connectivity index is 1.83. The van der Waals surface area contributed by atoms with E-state index in [0.29, 0.717) is 19.0 Å². The molecule has 176 valence electrons. The highest BCUT2D eigenvalue weighted by atomic mass is 35.5. The molecule has 1 heterocycles. The number of nitrogens with zero attached hydrogens (tertiary/aromatic N) is 1. The zero-order valence-electron chi connectivity index (χ0n) is 18.1. The van der Waals surface area contributed by atoms with Gasteiger partial charge in [0.05, 0.1) is 12.2 Å². The van der Waals surface area contributed by atoms with Crippen molar-refractivity contribution in [1.82, 2.24) is 4.98 Å². The predicted octanol–water partition coefficient (Wildman–Crippen LogP) is 7.19. The molecule has 0 radical (unpaired) electrons. The van der Waals surface area contributed by atoms with E-state index in [9.17, 15) is 13.2 Å². The number of hydrogen-bond donors (Lipinski definition) is 1. The molecule has 4 nitrogen and oxygen atoms in total. The third-order valence-corrected chi connectivity index (χ3v) is 4.99. The lowest BCUT2D eigenvalue weighted by atomic mass is 10.0. The molecule has 1 aromatic heterocycles. The Morgan fingerprint density at radius 2 is 1.75 bits per heavy atom. The van der Waals surface area contributed by atoms with E-state index in [1.165, 1.54) is 6.07 Å². The van der Waals surface area contributed by atoms with Crippen molar-refractivity contribution in [3.8, 4) is 11.5 Å². The maximum Gasteiger partial charge on any atom is 0.417 e. The van der Waals surface area contributed by atoms with Crippen LogP contribution in [0.25, 0.3) is 0 Å². The minimum atomic E-state index is -4.38. The van der Waals surface area contributed by atoms with Gasteiger partial charge in [-0.2, -0.15) is 13.2 Å². The number of benzene rings is 1. The lowest BCUT2D eigenvalue weighted by molar-refractivity contribution is -0.137. The van der Waals surface area contributed by atoms with Crippen LogP contribution in [0.4, 0.5) is 19.0 Å². The normalized spacial score (nSPS) is 11.2. The van der Waals surface area contributed by atoms with Gasteiger partial charge in [-0.05, 0) is 67.2 Å². The summed E-state index contributed by atoms with van der Waals surface area (Å²) in [7, 11) is 0. The minimum absolute atomic E-state index is 0.167. The van der Waals surface area contributed by atoms with Crippen molar-refractivity contribution in [2.75, 3.05) is 25.1 Å². The van der Waals surface area contributed by atoms with E-state index < -0.39 is 11.7 Å². The molecule has 0 unspecified atom stereocenters. The first-order valence-corrected chi connectivity index (χ1v) is 11.2. The van der Waals surface area contributed by atoms with Crippen molar-refractivity contribution in [3.63, 3.8) is 0 Å². The van der Waals surface area contributed by atoms with Crippen LogP contribution in [0.1, 0.15) is 43.4 Å². The number of pyridine rings is 1. The van der Waals surface area contributed by atoms with Crippen molar-refractivity contribution in [1.29, 1.82) is 0 Å². The van der Waals surface area contributed by atoms with Crippen LogP contribution in [-0.4, -0.2) is 24.7 Å². The lowest BCUT2D eigenvalue weighted by Gasteiger charge is -2.17. The van der Waals surface area contributed by atoms with Crippen molar-refractivity contribution in [2.24, 2.45) is 0 Å². The van der Waals surface area contributed by atoms with E-state index >= 15 is 0 Å². The van der Waals surface area contributed by atoms with Gasteiger partial charge >= 0.3 is 6.18 Å². The second-order valence-corrected chi connectivity index (χ2v) is 8.00. The summed E-state index contributed by atoms with van der Waals surface area (Å²) in [5, 5.41) is 3.03. The summed E-state index contributed by atoms with van der Waals surface area (Å²) in [4.78, 5) is 3.80. The number of nitrogens with one attached hydrogen (secondary N) is 1. The van der Waals surface area contributed by atoms with Crippen molar-refractivity contribution < 1.29 is 22.6 Å². The number of hydrogen-bond acceptors (Lipinski definition) is 4. The molecule has 32 heavy (non-hydrogen) atoms. The third-order valence-electron chi connectivity index (χ3n) is 4.68. The molecule has 2 rings (SSSR count). The lowest BCUT2D eigenvalue weighted by Crippen LogP contribution is -2.09. The van der Waals surface area contributed by atoms with Gasteiger partial charge in [0, 0.05) is 12.7 Å². The molecule has 1 aromatic carbocycles. The molecule has 0 fully saturated rings. The van der Waals surface area contributed by atoms with E-state index in [0.717, 1.165) is 60.6 Å². The quantitative estimate of drug-likeness (QED) is 0.319. The van der Waals surface area contributed by atoms with E-state index in [1.807, 2.05) is 12.1 Å². The number of halogens is 5. The highest BCUT2D eigenvalue weighted by Crippen LogP contribution is 2.31. The van der Waals surface area contributed by atoms with E-state index in [4.69, 9.17) is 32.7 Å². The van der Waals surface area contributed by atoms with Crippen LogP contribution in [-0.2, 0) is 19.0 Å².